The van der Waals surface area contributed by atoms with Gasteiger partial charge in [0.2, 0.25) is 5.88 Å². The molecule has 0 spiro atoms. The van der Waals surface area contributed by atoms with Gasteiger partial charge in [0.05, 0.1) is 5.02 Å². The molecule has 3 rings (SSSR count). The van der Waals surface area contributed by atoms with Gasteiger partial charge in [-0.2, -0.15) is 0 Å². The minimum absolute atomic E-state index is 0.0166. The SMILES string of the molecule is Oc1c2nccnc2cn1-c1ccc(Cl)cn1. The molecule has 0 saturated heterocycles. The first-order valence-corrected chi connectivity index (χ1v) is 5.26. The van der Waals surface area contributed by atoms with Crippen molar-refractivity contribution in [2.75, 3.05) is 0 Å². The number of nitrogens with zero attached hydrogens (tertiary/aromatic N) is 4. The van der Waals surface area contributed by atoms with Crippen LogP contribution in [0.15, 0.2) is 36.9 Å². The maximum absolute atomic E-state index is 10.00. The third-order valence-corrected chi connectivity index (χ3v) is 2.60. The molecule has 0 unspecified atom stereocenters. The van der Waals surface area contributed by atoms with Gasteiger partial charge < -0.3 is 5.11 Å². The molecule has 84 valence electrons. The molecule has 17 heavy (non-hydrogen) atoms. The van der Waals surface area contributed by atoms with E-state index < -0.39 is 0 Å². The van der Waals surface area contributed by atoms with Crippen molar-refractivity contribution < 1.29 is 5.11 Å². The number of halogens is 1. The molecule has 5 nitrogen and oxygen atoms in total. The van der Waals surface area contributed by atoms with Crippen LogP contribution in [0.2, 0.25) is 5.02 Å². The number of aromatic nitrogens is 4. The van der Waals surface area contributed by atoms with Crippen molar-refractivity contribution in [3.63, 3.8) is 0 Å². The van der Waals surface area contributed by atoms with E-state index in [-0.39, 0.29) is 5.88 Å². The van der Waals surface area contributed by atoms with Gasteiger partial charge in [0.15, 0.2) is 5.52 Å². The van der Waals surface area contributed by atoms with Crippen LogP contribution in [-0.2, 0) is 0 Å². The van der Waals surface area contributed by atoms with Gasteiger partial charge in [-0.3, -0.25) is 9.55 Å². The first-order valence-electron chi connectivity index (χ1n) is 4.88. The Bertz CT molecular complexity index is 678. The standard InChI is InChI=1S/C11H7ClN4O/c12-7-1-2-9(15-5-7)16-6-8-10(11(16)17)14-4-3-13-8/h1-6,17H. The van der Waals surface area contributed by atoms with Crippen molar-refractivity contribution in [3.8, 4) is 11.7 Å². The second-order valence-corrected chi connectivity index (χ2v) is 3.88. The van der Waals surface area contributed by atoms with Crippen molar-refractivity contribution in [1.82, 2.24) is 19.5 Å². The predicted molar refractivity (Wildman–Crippen MR) is 63.3 cm³/mol. The van der Waals surface area contributed by atoms with E-state index in [1.54, 1.807) is 24.5 Å². The van der Waals surface area contributed by atoms with Crippen LogP contribution in [0, 0.1) is 0 Å². The molecule has 0 amide bonds. The molecule has 0 bridgehead atoms. The smallest absolute Gasteiger partial charge is 0.225 e. The van der Waals surface area contributed by atoms with Gasteiger partial charge in [0.25, 0.3) is 0 Å². The molecule has 0 radical (unpaired) electrons. The Morgan fingerprint density at radius 3 is 2.65 bits per heavy atom. The fourth-order valence-electron chi connectivity index (χ4n) is 1.60. The zero-order chi connectivity index (χ0) is 11.8. The lowest BCUT2D eigenvalue weighted by molar-refractivity contribution is 0.446. The molecule has 1 N–H and O–H groups in total. The second-order valence-electron chi connectivity index (χ2n) is 3.45. The highest BCUT2D eigenvalue weighted by molar-refractivity contribution is 6.30. The summed E-state index contributed by atoms with van der Waals surface area (Å²) in [6.07, 6.45) is 6.29. The maximum Gasteiger partial charge on any atom is 0.225 e. The minimum Gasteiger partial charge on any atom is -0.493 e. The van der Waals surface area contributed by atoms with Crippen molar-refractivity contribution in [3.05, 3.63) is 41.9 Å². The third kappa shape index (κ3) is 1.60. The van der Waals surface area contributed by atoms with E-state index in [9.17, 15) is 5.11 Å². The first kappa shape index (κ1) is 10.0. The lowest BCUT2D eigenvalue weighted by atomic mass is 10.4. The lowest BCUT2D eigenvalue weighted by Crippen LogP contribution is -1.93. The Morgan fingerprint density at radius 2 is 1.94 bits per heavy atom. The molecular weight excluding hydrogens is 240 g/mol. The molecule has 0 aliphatic rings. The van der Waals surface area contributed by atoms with Gasteiger partial charge >= 0.3 is 0 Å². The Labute approximate surface area is 101 Å². The molecule has 3 aromatic heterocycles. The van der Waals surface area contributed by atoms with Gasteiger partial charge in [-0.05, 0) is 12.1 Å². The summed E-state index contributed by atoms with van der Waals surface area (Å²) in [6, 6.07) is 3.41. The number of pyridine rings is 1. The Balaban J connectivity index is 2.24. The summed E-state index contributed by atoms with van der Waals surface area (Å²) in [4.78, 5) is 12.3. The highest BCUT2D eigenvalue weighted by atomic mass is 35.5. The monoisotopic (exact) mass is 246 g/mol. The minimum atomic E-state index is 0.0166. The zero-order valence-electron chi connectivity index (χ0n) is 8.58. The van der Waals surface area contributed by atoms with Crippen molar-refractivity contribution in [2.24, 2.45) is 0 Å². The van der Waals surface area contributed by atoms with Gasteiger partial charge in [0.1, 0.15) is 11.3 Å². The first-order chi connectivity index (χ1) is 8.25. The molecule has 0 aliphatic carbocycles. The van der Waals surface area contributed by atoms with Crippen LogP contribution in [0.25, 0.3) is 16.9 Å². The maximum atomic E-state index is 10.00. The van der Waals surface area contributed by atoms with Crippen LogP contribution >= 0.6 is 11.6 Å². The average molecular weight is 247 g/mol. The van der Waals surface area contributed by atoms with Crippen molar-refractivity contribution in [2.45, 2.75) is 0 Å². The van der Waals surface area contributed by atoms with Crippen LogP contribution in [-0.4, -0.2) is 24.6 Å². The average Bonchev–Trinajstić information content (AvgIpc) is 2.69. The van der Waals surface area contributed by atoms with E-state index in [0.29, 0.717) is 21.9 Å². The number of rotatable bonds is 1. The highest BCUT2D eigenvalue weighted by Gasteiger charge is 2.11. The molecule has 3 heterocycles. The summed E-state index contributed by atoms with van der Waals surface area (Å²) in [6.45, 7) is 0. The largest absolute Gasteiger partial charge is 0.493 e. The number of fused-ring (bicyclic) bond motifs is 1. The summed E-state index contributed by atoms with van der Waals surface area (Å²) in [5, 5.41) is 10.5. The molecule has 6 heteroatoms. The molecule has 0 aromatic carbocycles. The van der Waals surface area contributed by atoms with Crippen LogP contribution in [0.5, 0.6) is 5.88 Å². The fourth-order valence-corrected chi connectivity index (χ4v) is 1.71. The van der Waals surface area contributed by atoms with Crippen LogP contribution in [0.3, 0.4) is 0 Å². The molecule has 3 aromatic rings. The number of aromatic hydroxyl groups is 1. The second kappa shape index (κ2) is 3.71. The highest BCUT2D eigenvalue weighted by Crippen LogP contribution is 2.26. The predicted octanol–water partition coefficient (Wildman–Crippen LogP) is 2.17. The molecule has 0 fully saturated rings. The van der Waals surface area contributed by atoms with Gasteiger partial charge in [-0.15, -0.1) is 0 Å². The normalized spacial score (nSPS) is 10.9. The molecule has 0 aliphatic heterocycles. The Kier molecular flexibility index (Phi) is 2.19. The summed E-state index contributed by atoms with van der Waals surface area (Å²) in [7, 11) is 0. The molecule has 0 atom stereocenters. The Hall–Kier alpha value is -2.14. The van der Waals surface area contributed by atoms with E-state index in [1.807, 2.05) is 0 Å². The third-order valence-electron chi connectivity index (χ3n) is 2.38. The van der Waals surface area contributed by atoms with Crippen molar-refractivity contribution >= 4 is 22.6 Å². The van der Waals surface area contributed by atoms with E-state index in [1.165, 1.54) is 17.0 Å². The van der Waals surface area contributed by atoms with E-state index in [0.717, 1.165) is 0 Å². The van der Waals surface area contributed by atoms with Gasteiger partial charge in [-0.1, -0.05) is 11.6 Å². The molecular formula is C11H7ClN4O. The van der Waals surface area contributed by atoms with Gasteiger partial charge in [-0.25, -0.2) is 9.97 Å². The summed E-state index contributed by atoms with van der Waals surface area (Å²) < 4.78 is 1.51. The van der Waals surface area contributed by atoms with E-state index in [4.69, 9.17) is 11.6 Å². The number of hydrogen-bond donors (Lipinski definition) is 1. The fraction of sp³-hybridized carbons (Fsp3) is 0. The van der Waals surface area contributed by atoms with E-state index >= 15 is 0 Å². The summed E-state index contributed by atoms with van der Waals surface area (Å²) >= 11 is 5.76. The van der Waals surface area contributed by atoms with Crippen LogP contribution in [0.1, 0.15) is 0 Å². The quantitative estimate of drug-likeness (QED) is 0.715. The Morgan fingerprint density at radius 1 is 1.12 bits per heavy atom. The van der Waals surface area contributed by atoms with Crippen LogP contribution < -0.4 is 0 Å². The summed E-state index contributed by atoms with van der Waals surface area (Å²) in [5.74, 6) is 0.578. The van der Waals surface area contributed by atoms with Gasteiger partial charge in [0, 0.05) is 24.8 Å². The topological polar surface area (TPSA) is 63.8 Å². The van der Waals surface area contributed by atoms with E-state index in [2.05, 4.69) is 15.0 Å². The van der Waals surface area contributed by atoms with Crippen molar-refractivity contribution in [1.29, 1.82) is 0 Å². The zero-order valence-corrected chi connectivity index (χ0v) is 9.33. The van der Waals surface area contributed by atoms with Crippen LogP contribution in [0.4, 0.5) is 0 Å². The number of hydrogen-bond acceptors (Lipinski definition) is 4. The molecule has 0 saturated carbocycles. The summed E-state index contributed by atoms with van der Waals surface area (Å²) in [5.41, 5.74) is 1.06. The lowest BCUT2D eigenvalue weighted by Gasteiger charge is -2.02.